The van der Waals surface area contributed by atoms with Gasteiger partial charge in [0.25, 0.3) is 0 Å². The van der Waals surface area contributed by atoms with Gasteiger partial charge in [-0.25, -0.2) is 4.79 Å². The number of phenols is 1. The SMILES string of the molecule is CN1CCC2=C[C@H](O)[C@H]3OC(=O)c4cc5c(c(O)c4[C@H]3[C@@H]21)OCO5. The van der Waals surface area contributed by atoms with E-state index in [0.29, 0.717) is 11.3 Å². The Morgan fingerprint density at radius 3 is 3.00 bits per heavy atom. The number of likely N-dealkylation sites (tertiary alicyclic amines) is 1. The lowest BCUT2D eigenvalue weighted by Crippen LogP contribution is -2.50. The average molecular weight is 331 g/mol. The second-order valence-corrected chi connectivity index (χ2v) is 6.72. The number of aromatic hydroxyl groups is 1. The lowest BCUT2D eigenvalue weighted by Gasteiger charge is -2.43. The maximum Gasteiger partial charge on any atom is 0.339 e. The number of benzene rings is 1. The Labute approximate surface area is 138 Å². The predicted molar refractivity (Wildman–Crippen MR) is 81.3 cm³/mol. The molecule has 4 aliphatic rings. The van der Waals surface area contributed by atoms with Crippen molar-refractivity contribution >= 4 is 5.97 Å². The van der Waals surface area contributed by atoms with Gasteiger partial charge >= 0.3 is 5.97 Å². The summed E-state index contributed by atoms with van der Waals surface area (Å²) in [5, 5.41) is 21.2. The standard InChI is InChI=1S/C17H17NO6/c1-18-3-2-7-4-9(19)15-12(13(7)18)11-8(17(21)24-15)5-10-16(14(11)20)23-6-22-10/h4-5,9,12-13,15,19-20H,2-3,6H2,1H3/t9-,12-,13+,15+/m0/s1. The highest BCUT2D eigenvalue weighted by molar-refractivity contribution is 5.95. The zero-order valence-corrected chi connectivity index (χ0v) is 13.1. The number of phenolic OH excluding ortho intramolecular Hbond substituents is 1. The second kappa shape index (κ2) is 4.64. The Kier molecular flexibility index (Phi) is 2.73. The number of ether oxygens (including phenoxy) is 3. The fraction of sp³-hybridized carbons (Fsp3) is 0.471. The summed E-state index contributed by atoms with van der Waals surface area (Å²) in [6.07, 6.45) is 1.05. The fourth-order valence-electron chi connectivity index (χ4n) is 4.47. The smallest absolute Gasteiger partial charge is 0.339 e. The quantitative estimate of drug-likeness (QED) is 0.536. The van der Waals surface area contributed by atoms with Crippen LogP contribution in [0, 0.1) is 0 Å². The second-order valence-electron chi connectivity index (χ2n) is 6.72. The third kappa shape index (κ3) is 1.66. The molecule has 3 heterocycles. The van der Waals surface area contributed by atoms with Crippen LogP contribution in [-0.4, -0.2) is 59.7 Å². The molecule has 7 heteroatoms. The molecule has 0 unspecified atom stereocenters. The van der Waals surface area contributed by atoms with Crippen molar-refractivity contribution < 1.29 is 29.2 Å². The minimum atomic E-state index is -0.880. The van der Waals surface area contributed by atoms with Gasteiger partial charge in [0.15, 0.2) is 11.5 Å². The third-order valence-electron chi connectivity index (χ3n) is 5.50. The molecule has 126 valence electrons. The number of carbonyl (C=O) groups excluding carboxylic acids is 1. The predicted octanol–water partition coefficient (Wildman–Crippen LogP) is 0.748. The number of likely N-dealkylation sites (N-methyl/N-ethyl adjacent to an activating group) is 1. The molecule has 0 saturated carbocycles. The lowest BCUT2D eigenvalue weighted by atomic mass is 9.73. The van der Waals surface area contributed by atoms with E-state index in [9.17, 15) is 15.0 Å². The number of aliphatic hydroxyl groups is 1. The molecular formula is C17H17NO6. The van der Waals surface area contributed by atoms with Gasteiger partial charge in [-0.05, 0) is 19.5 Å². The van der Waals surface area contributed by atoms with E-state index < -0.39 is 18.2 Å². The van der Waals surface area contributed by atoms with Crippen molar-refractivity contribution in [3.05, 3.63) is 28.8 Å². The molecule has 1 fully saturated rings. The fourth-order valence-corrected chi connectivity index (χ4v) is 4.47. The molecule has 0 spiro atoms. The molecule has 5 rings (SSSR count). The van der Waals surface area contributed by atoms with Gasteiger partial charge in [-0.3, -0.25) is 4.90 Å². The molecule has 24 heavy (non-hydrogen) atoms. The summed E-state index contributed by atoms with van der Waals surface area (Å²) in [5.41, 5.74) is 1.89. The molecule has 0 bridgehead atoms. The first-order valence-corrected chi connectivity index (χ1v) is 8.01. The van der Waals surface area contributed by atoms with Crippen molar-refractivity contribution in [3.63, 3.8) is 0 Å². The number of nitrogens with zero attached hydrogens (tertiary/aromatic N) is 1. The van der Waals surface area contributed by atoms with Crippen molar-refractivity contribution in [1.29, 1.82) is 0 Å². The van der Waals surface area contributed by atoms with Crippen LogP contribution in [0.5, 0.6) is 17.2 Å². The summed E-state index contributed by atoms with van der Waals surface area (Å²) in [4.78, 5) is 14.6. The molecule has 0 aromatic heterocycles. The zero-order valence-electron chi connectivity index (χ0n) is 13.1. The number of esters is 1. The summed E-state index contributed by atoms with van der Waals surface area (Å²) in [5.74, 6) is -0.381. The van der Waals surface area contributed by atoms with Gasteiger partial charge in [-0.1, -0.05) is 11.6 Å². The Bertz CT molecular complexity index is 788. The van der Waals surface area contributed by atoms with E-state index in [1.54, 1.807) is 12.1 Å². The molecule has 4 atom stereocenters. The Morgan fingerprint density at radius 1 is 1.33 bits per heavy atom. The maximum absolute atomic E-state index is 12.4. The Hall–Kier alpha value is -2.25. The van der Waals surface area contributed by atoms with Gasteiger partial charge in [-0.15, -0.1) is 0 Å². The minimum Gasteiger partial charge on any atom is -0.504 e. The van der Waals surface area contributed by atoms with E-state index in [1.165, 1.54) is 0 Å². The van der Waals surface area contributed by atoms with E-state index in [0.717, 1.165) is 18.5 Å². The number of hydrogen-bond donors (Lipinski definition) is 2. The van der Waals surface area contributed by atoms with Gasteiger partial charge in [-0.2, -0.15) is 0 Å². The van der Waals surface area contributed by atoms with Crippen molar-refractivity contribution in [2.75, 3.05) is 20.4 Å². The van der Waals surface area contributed by atoms with Crippen LogP contribution in [-0.2, 0) is 4.74 Å². The summed E-state index contributed by atoms with van der Waals surface area (Å²) in [6.45, 7) is 0.868. The average Bonchev–Trinajstić information content (AvgIpc) is 3.16. The van der Waals surface area contributed by atoms with Crippen molar-refractivity contribution in [2.45, 2.75) is 30.6 Å². The van der Waals surface area contributed by atoms with Gasteiger partial charge in [0.1, 0.15) is 12.2 Å². The van der Waals surface area contributed by atoms with Gasteiger partial charge in [0, 0.05) is 24.1 Å². The Balaban J connectivity index is 1.75. The van der Waals surface area contributed by atoms with Crippen molar-refractivity contribution in [3.8, 4) is 17.2 Å². The van der Waals surface area contributed by atoms with Crippen LogP contribution in [0.25, 0.3) is 0 Å². The highest BCUT2D eigenvalue weighted by Crippen LogP contribution is 2.53. The number of hydrogen-bond acceptors (Lipinski definition) is 7. The lowest BCUT2D eigenvalue weighted by molar-refractivity contribution is -0.0341. The monoisotopic (exact) mass is 331 g/mol. The van der Waals surface area contributed by atoms with E-state index >= 15 is 0 Å². The van der Waals surface area contributed by atoms with Crippen LogP contribution in [0.15, 0.2) is 17.7 Å². The van der Waals surface area contributed by atoms with Gasteiger partial charge in [0.05, 0.1) is 5.56 Å². The van der Waals surface area contributed by atoms with E-state index in [-0.39, 0.29) is 35.8 Å². The van der Waals surface area contributed by atoms with Crippen molar-refractivity contribution in [1.82, 2.24) is 4.90 Å². The van der Waals surface area contributed by atoms with Crippen LogP contribution < -0.4 is 9.47 Å². The molecule has 3 aliphatic heterocycles. The normalized spacial score (nSPS) is 33.4. The molecule has 7 nitrogen and oxygen atoms in total. The minimum absolute atomic E-state index is 0.00599. The van der Waals surface area contributed by atoms with E-state index in [2.05, 4.69) is 4.90 Å². The van der Waals surface area contributed by atoms with Crippen LogP contribution >= 0.6 is 0 Å². The van der Waals surface area contributed by atoms with Crippen LogP contribution in [0.3, 0.4) is 0 Å². The van der Waals surface area contributed by atoms with Gasteiger partial charge < -0.3 is 24.4 Å². The number of aliphatic hydroxyl groups excluding tert-OH is 1. The number of rotatable bonds is 0. The molecular weight excluding hydrogens is 314 g/mol. The first kappa shape index (κ1) is 14.1. The molecule has 1 aromatic carbocycles. The topological polar surface area (TPSA) is 88.5 Å². The molecule has 1 saturated heterocycles. The largest absolute Gasteiger partial charge is 0.504 e. The van der Waals surface area contributed by atoms with E-state index in [4.69, 9.17) is 14.2 Å². The first-order chi connectivity index (χ1) is 11.6. The first-order valence-electron chi connectivity index (χ1n) is 8.01. The summed E-state index contributed by atoms with van der Waals surface area (Å²) >= 11 is 0. The summed E-state index contributed by atoms with van der Waals surface area (Å²) in [6, 6.07) is 1.55. The highest BCUT2D eigenvalue weighted by atomic mass is 16.7. The third-order valence-corrected chi connectivity index (χ3v) is 5.50. The molecule has 1 aliphatic carbocycles. The van der Waals surface area contributed by atoms with Crippen LogP contribution in [0.1, 0.15) is 28.3 Å². The summed E-state index contributed by atoms with van der Waals surface area (Å²) < 4.78 is 16.2. The number of carbonyl (C=O) groups is 1. The molecule has 2 N–H and O–H groups in total. The van der Waals surface area contributed by atoms with Crippen LogP contribution in [0.4, 0.5) is 0 Å². The van der Waals surface area contributed by atoms with Gasteiger partial charge in [0.2, 0.25) is 12.5 Å². The Morgan fingerprint density at radius 2 is 2.17 bits per heavy atom. The van der Waals surface area contributed by atoms with Crippen molar-refractivity contribution in [2.24, 2.45) is 0 Å². The molecule has 1 aromatic rings. The highest BCUT2D eigenvalue weighted by Gasteiger charge is 2.52. The van der Waals surface area contributed by atoms with E-state index in [1.807, 2.05) is 7.05 Å². The molecule has 0 amide bonds. The molecule has 0 radical (unpaired) electrons. The number of fused-ring (bicyclic) bond motifs is 6. The van der Waals surface area contributed by atoms with Crippen LogP contribution in [0.2, 0.25) is 0 Å². The summed E-state index contributed by atoms with van der Waals surface area (Å²) in [7, 11) is 2.00. The zero-order chi connectivity index (χ0) is 16.6. The maximum atomic E-state index is 12.4.